The smallest absolute Gasteiger partial charge is 0.231 e. The number of hydrogen-bond donors (Lipinski definition) is 1. The molecule has 2 aliphatic rings. The molecule has 0 radical (unpaired) electrons. The number of halogens is 1. The van der Waals surface area contributed by atoms with E-state index < -0.39 is 0 Å². The Kier molecular flexibility index (Phi) is 5.44. The summed E-state index contributed by atoms with van der Waals surface area (Å²) >= 11 is 0. The third kappa shape index (κ3) is 3.15. The van der Waals surface area contributed by atoms with Crippen molar-refractivity contribution in [2.75, 3.05) is 24.5 Å². The number of hydrogen-bond acceptors (Lipinski definition) is 2. The molecule has 0 aliphatic carbocycles. The Morgan fingerprint density at radius 3 is 2.85 bits per heavy atom. The van der Waals surface area contributed by atoms with Crippen molar-refractivity contribution in [3.8, 4) is 0 Å². The van der Waals surface area contributed by atoms with Crippen LogP contribution in [-0.4, -0.2) is 25.5 Å². The maximum Gasteiger partial charge on any atom is 0.231 e. The van der Waals surface area contributed by atoms with Gasteiger partial charge in [0.2, 0.25) is 5.91 Å². The summed E-state index contributed by atoms with van der Waals surface area (Å²) in [5.74, 6) is 0.487. The predicted octanol–water partition coefficient (Wildman–Crippen LogP) is 2.78. The molecule has 0 bridgehead atoms. The number of carbonyl (C=O) groups excluding carboxylic acids is 1. The number of carbonyl (C=O) groups is 1. The van der Waals surface area contributed by atoms with E-state index >= 15 is 0 Å². The largest absolute Gasteiger partial charge is 0.316 e. The SMILES string of the molecule is Cl.O=C([C@@H]1CCCNC1)N1CCCCc2ccccc21. The number of benzene rings is 1. The van der Waals surface area contributed by atoms with Crippen molar-refractivity contribution >= 4 is 24.0 Å². The van der Waals surface area contributed by atoms with Gasteiger partial charge in [0.05, 0.1) is 5.92 Å². The predicted molar refractivity (Wildman–Crippen MR) is 84.6 cm³/mol. The van der Waals surface area contributed by atoms with Crippen LogP contribution in [0, 0.1) is 5.92 Å². The van der Waals surface area contributed by atoms with Crippen molar-refractivity contribution in [2.24, 2.45) is 5.92 Å². The maximum absolute atomic E-state index is 12.8. The standard InChI is InChI=1S/C16H22N2O.ClH/c19-16(14-8-5-10-17-12-14)18-11-4-3-7-13-6-1-2-9-15(13)18;/h1-2,6,9,14,17H,3-5,7-8,10-12H2;1H/t14-;/m1./s1. The Balaban J connectivity index is 0.00000147. The molecule has 0 aromatic heterocycles. The van der Waals surface area contributed by atoms with E-state index in [9.17, 15) is 4.79 Å². The topological polar surface area (TPSA) is 32.3 Å². The minimum atomic E-state index is 0. The van der Waals surface area contributed by atoms with Gasteiger partial charge in [0.15, 0.2) is 0 Å². The van der Waals surface area contributed by atoms with Crippen molar-refractivity contribution < 1.29 is 4.79 Å². The normalized spacial score (nSPS) is 22.4. The van der Waals surface area contributed by atoms with Crippen LogP contribution < -0.4 is 10.2 Å². The van der Waals surface area contributed by atoms with Crippen LogP contribution in [0.5, 0.6) is 0 Å². The molecule has 3 rings (SSSR count). The third-order valence-corrected chi connectivity index (χ3v) is 4.27. The molecular weight excluding hydrogens is 272 g/mol. The number of piperidine rings is 1. The highest BCUT2D eigenvalue weighted by Crippen LogP contribution is 2.28. The first-order valence-corrected chi connectivity index (χ1v) is 7.46. The fraction of sp³-hybridized carbons (Fsp3) is 0.562. The van der Waals surface area contributed by atoms with Crippen molar-refractivity contribution in [1.29, 1.82) is 0 Å². The van der Waals surface area contributed by atoms with E-state index in [1.165, 1.54) is 12.0 Å². The molecule has 0 saturated carbocycles. The lowest BCUT2D eigenvalue weighted by Crippen LogP contribution is -2.43. The molecule has 2 aliphatic heterocycles. The molecule has 1 atom stereocenters. The van der Waals surface area contributed by atoms with Gasteiger partial charge in [0.25, 0.3) is 0 Å². The maximum atomic E-state index is 12.8. The van der Waals surface area contributed by atoms with Crippen LogP contribution in [0.25, 0.3) is 0 Å². The molecule has 20 heavy (non-hydrogen) atoms. The Bertz CT molecular complexity index is 458. The Morgan fingerprint density at radius 1 is 1.20 bits per heavy atom. The van der Waals surface area contributed by atoms with Crippen molar-refractivity contribution in [3.05, 3.63) is 29.8 Å². The van der Waals surface area contributed by atoms with Gasteiger partial charge in [0, 0.05) is 18.8 Å². The first-order chi connectivity index (χ1) is 9.36. The highest BCUT2D eigenvalue weighted by molar-refractivity contribution is 5.96. The summed E-state index contributed by atoms with van der Waals surface area (Å²) in [6, 6.07) is 8.40. The molecule has 1 N–H and O–H groups in total. The molecular formula is C16H23ClN2O. The number of nitrogens with zero attached hydrogens (tertiary/aromatic N) is 1. The third-order valence-electron chi connectivity index (χ3n) is 4.27. The van der Waals surface area contributed by atoms with Crippen LogP contribution >= 0.6 is 12.4 Å². The van der Waals surface area contributed by atoms with Crippen molar-refractivity contribution in [3.63, 3.8) is 0 Å². The fourth-order valence-electron chi connectivity index (χ4n) is 3.20. The van der Waals surface area contributed by atoms with Crippen molar-refractivity contribution in [1.82, 2.24) is 5.32 Å². The quantitative estimate of drug-likeness (QED) is 0.864. The number of fused-ring (bicyclic) bond motifs is 1. The lowest BCUT2D eigenvalue weighted by Gasteiger charge is -2.30. The minimum Gasteiger partial charge on any atom is -0.316 e. The van der Waals surface area contributed by atoms with Crippen LogP contribution in [-0.2, 0) is 11.2 Å². The zero-order valence-electron chi connectivity index (χ0n) is 11.8. The van der Waals surface area contributed by atoms with Gasteiger partial charge in [-0.15, -0.1) is 12.4 Å². The summed E-state index contributed by atoms with van der Waals surface area (Å²) in [5.41, 5.74) is 2.48. The highest BCUT2D eigenvalue weighted by atomic mass is 35.5. The Hall–Kier alpha value is -1.06. The van der Waals surface area contributed by atoms with E-state index in [-0.39, 0.29) is 18.3 Å². The zero-order chi connectivity index (χ0) is 13.1. The number of nitrogens with one attached hydrogen (secondary N) is 1. The first kappa shape index (κ1) is 15.3. The Morgan fingerprint density at radius 2 is 2.05 bits per heavy atom. The zero-order valence-corrected chi connectivity index (χ0v) is 12.6. The first-order valence-electron chi connectivity index (χ1n) is 7.46. The highest BCUT2D eigenvalue weighted by Gasteiger charge is 2.28. The van der Waals surface area contributed by atoms with Gasteiger partial charge >= 0.3 is 0 Å². The molecule has 0 spiro atoms. The van der Waals surface area contributed by atoms with E-state index in [2.05, 4.69) is 23.5 Å². The van der Waals surface area contributed by atoms with Gasteiger partial charge in [-0.25, -0.2) is 0 Å². The number of para-hydroxylation sites is 1. The lowest BCUT2D eigenvalue weighted by atomic mass is 9.97. The number of amides is 1. The molecule has 110 valence electrons. The van der Waals surface area contributed by atoms with Crippen LogP contribution in [0.2, 0.25) is 0 Å². The monoisotopic (exact) mass is 294 g/mol. The van der Waals surface area contributed by atoms with Gasteiger partial charge in [-0.3, -0.25) is 4.79 Å². The number of anilines is 1. The molecule has 1 fully saturated rings. The van der Waals surface area contributed by atoms with Gasteiger partial charge in [-0.2, -0.15) is 0 Å². The summed E-state index contributed by atoms with van der Waals surface area (Å²) in [7, 11) is 0. The van der Waals surface area contributed by atoms with Crippen molar-refractivity contribution in [2.45, 2.75) is 32.1 Å². The molecule has 1 saturated heterocycles. The summed E-state index contributed by atoms with van der Waals surface area (Å²) in [4.78, 5) is 14.8. The van der Waals surface area contributed by atoms with Crippen LogP contribution in [0.1, 0.15) is 31.2 Å². The second kappa shape index (κ2) is 7.09. The fourth-order valence-corrected chi connectivity index (χ4v) is 3.20. The summed E-state index contributed by atoms with van der Waals surface area (Å²) in [6.45, 7) is 2.78. The summed E-state index contributed by atoms with van der Waals surface area (Å²) in [5, 5.41) is 3.35. The molecule has 0 unspecified atom stereocenters. The number of aryl methyl sites for hydroxylation is 1. The Labute approximate surface area is 127 Å². The lowest BCUT2D eigenvalue weighted by molar-refractivity contribution is -0.122. The average Bonchev–Trinajstić information content (AvgIpc) is 2.70. The second-order valence-corrected chi connectivity index (χ2v) is 5.62. The van der Waals surface area contributed by atoms with E-state index in [0.29, 0.717) is 5.91 Å². The van der Waals surface area contributed by atoms with E-state index in [4.69, 9.17) is 0 Å². The molecule has 4 heteroatoms. The number of rotatable bonds is 1. The summed E-state index contributed by atoms with van der Waals surface area (Å²) < 4.78 is 0. The van der Waals surface area contributed by atoms with Gasteiger partial charge in [0.1, 0.15) is 0 Å². The second-order valence-electron chi connectivity index (χ2n) is 5.62. The molecule has 1 aromatic carbocycles. The van der Waals surface area contributed by atoms with Gasteiger partial charge in [-0.1, -0.05) is 18.2 Å². The molecule has 3 nitrogen and oxygen atoms in total. The average molecular weight is 295 g/mol. The van der Waals surface area contributed by atoms with E-state index in [1.54, 1.807) is 0 Å². The van der Waals surface area contributed by atoms with Gasteiger partial charge in [-0.05, 0) is 50.3 Å². The van der Waals surface area contributed by atoms with E-state index in [0.717, 1.165) is 51.0 Å². The van der Waals surface area contributed by atoms with Gasteiger partial charge < -0.3 is 10.2 Å². The minimum absolute atomic E-state index is 0. The molecule has 2 heterocycles. The molecule has 1 aromatic rings. The van der Waals surface area contributed by atoms with Crippen LogP contribution in [0.3, 0.4) is 0 Å². The van der Waals surface area contributed by atoms with E-state index in [1.807, 2.05) is 11.0 Å². The van der Waals surface area contributed by atoms with Crippen LogP contribution in [0.15, 0.2) is 24.3 Å². The molecule has 1 amide bonds. The van der Waals surface area contributed by atoms with Crippen LogP contribution in [0.4, 0.5) is 5.69 Å². The summed E-state index contributed by atoms with van der Waals surface area (Å²) in [6.07, 6.45) is 5.55.